The first-order valence-electron chi connectivity index (χ1n) is 20.5. The average Bonchev–Trinajstić information content (AvgIpc) is 3.46. The lowest BCUT2D eigenvalue weighted by Gasteiger charge is -2.50. The first-order valence-corrected chi connectivity index (χ1v) is 22.8. The molecule has 3 aliphatic carbocycles. The van der Waals surface area contributed by atoms with Gasteiger partial charge in [-0.2, -0.15) is 39.5 Å². The fourth-order valence-corrected chi connectivity index (χ4v) is 12.0. The lowest BCUT2D eigenvalue weighted by molar-refractivity contribution is -0.457. The molecule has 0 spiro atoms. The molecule has 4 rings (SSSR count). The number of halogens is 9. The highest BCUT2D eigenvalue weighted by Gasteiger charge is 2.85. The van der Waals surface area contributed by atoms with E-state index in [0.717, 1.165) is 88.6 Å². The van der Waals surface area contributed by atoms with E-state index in [1.165, 1.54) is 23.1 Å². The predicted molar refractivity (Wildman–Crippen MR) is 210 cm³/mol. The summed E-state index contributed by atoms with van der Waals surface area (Å²) >= 11 is 0. The molecular formula is C41H62F9NO5S2. The minimum absolute atomic E-state index is 0.00376. The van der Waals surface area contributed by atoms with Crippen LogP contribution >= 0.6 is 21.6 Å². The molecule has 0 aromatic heterocycles. The topological polar surface area (TPSA) is 71.4 Å². The molecule has 0 bridgehead atoms. The number of hydrogen-bond acceptors (Lipinski definition) is 8. The summed E-state index contributed by atoms with van der Waals surface area (Å²) in [6, 6.07) is 6.53. The molecule has 0 aliphatic heterocycles. The van der Waals surface area contributed by atoms with Crippen LogP contribution in [0.3, 0.4) is 0 Å². The predicted octanol–water partition coefficient (Wildman–Crippen LogP) is 10.8. The Hall–Kier alpha value is -1.11. The van der Waals surface area contributed by atoms with Crippen LogP contribution < -0.4 is 4.74 Å². The molecule has 3 unspecified atom stereocenters. The van der Waals surface area contributed by atoms with Crippen molar-refractivity contribution in [3.05, 3.63) is 29.3 Å². The summed E-state index contributed by atoms with van der Waals surface area (Å²) in [7, 11) is 5.19. The second kappa shape index (κ2) is 20.8. The van der Waals surface area contributed by atoms with Crippen molar-refractivity contribution in [2.75, 3.05) is 58.9 Å². The zero-order valence-electron chi connectivity index (χ0n) is 34.0. The lowest BCUT2D eigenvalue weighted by atomic mass is 9.55. The van der Waals surface area contributed by atoms with Crippen molar-refractivity contribution in [3.8, 4) is 5.75 Å². The summed E-state index contributed by atoms with van der Waals surface area (Å²) in [5.74, 6) is 3.34. The minimum Gasteiger partial charge on any atom is -0.494 e. The summed E-state index contributed by atoms with van der Waals surface area (Å²) < 4.78 is 135. The number of aliphatic hydroxyl groups is 2. The molecule has 1 aromatic rings. The molecule has 2 saturated carbocycles. The molecule has 0 heterocycles. The van der Waals surface area contributed by atoms with Gasteiger partial charge in [0.1, 0.15) is 5.75 Å². The van der Waals surface area contributed by atoms with E-state index in [-0.39, 0.29) is 48.5 Å². The van der Waals surface area contributed by atoms with Crippen LogP contribution in [0.2, 0.25) is 0 Å². The van der Waals surface area contributed by atoms with Gasteiger partial charge >= 0.3 is 24.1 Å². The van der Waals surface area contributed by atoms with Gasteiger partial charge in [0.2, 0.25) is 0 Å². The highest BCUT2D eigenvalue weighted by Crippen LogP contribution is 2.62. The van der Waals surface area contributed by atoms with Gasteiger partial charge in [0, 0.05) is 42.7 Å². The molecule has 0 radical (unpaired) electrons. The number of nitrogens with zero attached hydrogens (tertiary/aromatic N) is 1. The van der Waals surface area contributed by atoms with Crippen LogP contribution in [0.25, 0.3) is 0 Å². The van der Waals surface area contributed by atoms with E-state index < -0.39 is 37.3 Å². The SMILES string of the molecule is CN(CCO[C@H]1CCC2C3CCc4cc(OCCC(C)(C)SSCCCCCCC(CO)CO)ccc4C3CC[C@@]21C)CCOC(C(F)(F)F)(C(F)(F)F)C(F)(F)F. The second-order valence-corrected chi connectivity index (χ2v) is 20.4. The third kappa shape index (κ3) is 12.1. The average molecular weight is 884 g/mol. The van der Waals surface area contributed by atoms with Gasteiger partial charge in [0.15, 0.2) is 0 Å². The van der Waals surface area contributed by atoms with E-state index in [9.17, 15) is 49.7 Å². The van der Waals surface area contributed by atoms with Crippen LogP contribution in [0.15, 0.2) is 18.2 Å². The lowest BCUT2D eigenvalue weighted by Crippen LogP contribution is -2.68. The van der Waals surface area contributed by atoms with Crippen LogP contribution in [-0.2, 0) is 15.9 Å². The van der Waals surface area contributed by atoms with E-state index in [2.05, 4.69) is 43.7 Å². The smallest absolute Gasteiger partial charge is 0.435 e. The molecular weight excluding hydrogens is 822 g/mol. The Bertz CT molecular complexity index is 1380. The molecule has 17 heteroatoms. The zero-order chi connectivity index (χ0) is 43.0. The Morgan fingerprint density at radius 1 is 0.845 bits per heavy atom. The third-order valence-corrected chi connectivity index (χ3v) is 16.2. The molecule has 3 aliphatic rings. The number of alkyl halides is 9. The number of aliphatic hydroxyl groups excluding tert-OH is 2. The van der Waals surface area contributed by atoms with Crippen molar-refractivity contribution < 1.29 is 63.9 Å². The maximum Gasteiger partial charge on any atom is 0.435 e. The van der Waals surface area contributed by atoms with E-state index >= 15 is 0 Å². The highest BCUT2D eigenvalue weighted by molar-refractivity contribution is 8.77. The summed E-state index contributed by atoms with van der Waals surface area (Å²) in [6.45, 7) is 5.66. The van der Waals surface area contributed by atoms with Crippen molar-refractivity contribution >= 4 is 21.6 Å². The monoisotopic (exact) mass is 883 g/mol. The summed E-state index contributed by atoms with van der Waals surface area (Å²) in [5.41, 5.74) is -3.63. The van der Waals surface area contributed by atoms with E-state index in [4.69, 9.17) is 9.47 Å². The van der Waals surface area contributed by atoms with Gasteiger partial charge in [0.25, 0.3) is 0 Å². The van der Waals surface area contributed by atoms with Gasteiger partial charge in [0.05, 0.1) is 25.9 Å². The van der Waals surface area contributed by atoms with Crippen LogP contribution in [-0.4, -0.2) is 109 Å². The normalized spacial score (nSPS) is 24.3. The van der Waals surface area contributed by atoms with Crippen LogP contribution in [0.1, 0.15) is 108 Å². The van der Waals surface area contributed by atoms with Crippen molar-refractivity contribution in [1.29, 1.82) is 0 Å². The number of likely N-dealkylation sites (N-methyl/N-ethyl adjacent to an activating group) is 1. The Balaban J connectivity index is 1.19. The Kier molecular flexibility index (Phi) is 17.8. The standard InChI is InChI=1S/C41H62F9NO5S2/c1-36(2,58-57-24-8-6-5-7-9-28(26-52)27-53)18-21-54-30-11-13-31-29(25-30)10-12-33-32(31)16-17-37(3)34(33)14-15-35(37)55-22-19-51(4)20-23-56-38(39(42,43)44,40(45,46)47)41(48,49)50/h11,13,25,28,32-35,52-53H,5-10,12,14-24,26-27H2,1-4H3/t32?,33?,34?,35-,37-/m0/s1. The highest BCUT2D eigenvalue weighted by atomic mass is 33.1. The second-order valence-electron chi connectivity index (χ2n) is 17.3. The molecule has 58 heavy (non-hydrogen) atoms. The molecule has 0 amide bonds. The third-order valence-electron chi connectivity index (χ3n) is 12.8. The quantitative estimate of drug-likeness (QED) is 0.0640. The van der Waals surface area contributed by atoms with Crippen molar-refractivity contribution in [2.24, 2.45) is 23.2 Å². The van der Waals surface area contributed by atoms with Crippen molar-refractivity contribution in [3.63, 3.8) is 0 Å². The van der Waals surface area contributed by atoms with Gasteiger partial charge < -0.3 is 29.3 Å². The van der Waals surface area contributed by atoms with Gasteiger partial charge in [-0.05, 0) is 125 Å². The Labute approximate surface area is 345 Å². The van der Waals surface area contributed by atoms with Crippen LogP contribution in [0.5, 0.6) is 5.75 Å². The number of ether oxygens (including phenoxy) is 3. The molecule has 5 atom stereocenters. The number of benzene rings is 1. The minimum atomic E-state index is -6.75. The van der Waals surface area contributed by atoms with Crippen molar-refractivity contribution in [1.82, 2.24) is 4.90 Å². The number of aryl methyl sites for hydroxylation is 1. The number of rotatable bonds is 23. The largest absolute Gasteiger partial charge is 0.494 e. The van der Waals surface area contributed by atoms with Gasteiger partial charge in [-0.15, -0.1) is 0 Å². The molecule has 2 N–H and O–H groups in total. The number of unbranched alkanes of at least 4 members (excludes halogenated alkanes) is 3. The first-order chi connectivity index (χ1) is 27.1. The molecule has 2 fully saturated rings. The molecule has 1 aromatic carbocycles. The maximum absolute atomic E-state index is 13.2. The fourth-order valence-electron chi connectivity index (χ4n) is 9.26. The van der Waals surface area contributed by atoms with E-state index in [1.54, 1.807) is 0 Å². The number of hydrogen-bond donors (Lipinski definition) is 2. The van der Waals surface area contributed by atoms with Gasteiger partial charge in [-0.25, -0.2) is 0 Å². The van der Waals surface area contributed by atoms with E-state index in [1.807, 2.05) is 21.6 Å². The molecule has 6 nitrogen and oxygen atoms in total. The maximum atomic E-state index is 13.2. The summed E-state index contributed by atoms with van der Waals surface area (Å²) in [4.78, 5) is 1.30. The van der Waals surface area contributed by atoms with E-state index in [0.29, 0.717) is 24.4 Å². The first kappa shape index (κ1) is 49.5. The van der Waals surface area contributed by atoms with Gasteiger partial charge in [-0.1, -0.05) is 53.8 Å². The zero-order valence-corrected chi connectivity index (χ0v) is 35.7. The Morgan fingerprint density at radius 2 is 1.50 bits per heavy atom. The van der Waals surface area contributed by atoms with Gasteiger partial charge in [-0.3, -0.25) is 0 Å². The van der Waals surface area contributed by atoms with Crippen molar-refractivity contribution in [2.45, 2.75) is 139 Å². The summed E-state index contributed by atoms with van der Waals surface area (Å²) in [5, 5.41) is 18.4. The summed E-state index contributed by atoms with van der Waals surface area (Å²) in [6.07, 6.45) is -8.31. The fraction of sp³-hybridized carbons (Fsp3) is 0.854. The Morgan fingerprint density at radius 3 is 2.16 bits per heavy atom. The molecule has 0 saturated heterocycles. The number of fused-ring (bicyclic) bond motifs is 5. The molecule has 336 valence electrons. The van der Waals surface area contributed by atoms with Crippen LogP contribution in [0.4, 0.5) is 39.5 Å². The van der Waals surface area contributed by atoms with Crippen LogP contribution in [0, 0.1) is 23.2 Å².